The Bertz CT molecular complexity index is 1840. The molecular formula is C42H54F2N3O5+. The number of benzene rings is 3. The highest BCUT2D eigenvalue weighted by molar-refractivity contribution is 6.08. The van der Waals surface area contributed by atoms with E-state index in [0.29, 0.717) is 48.3 Å². The molecule has 52 heavy (non-hydrogen) atoms. The van der Waals surface area contributed by atoms with Crippen LogP contribution >= 0.6 is 0 Å². The van der Waals surface area contributed by atoms with Crippen LogP contribution in [-0.2, 0) is 0 Å². The fourth-order valence-electron chi connectivity index (χ4n) is 7.23. The Hall–Kier alpha value is -4.44. The Labute approximate surface area is 306 Å². The van der Waals surface area contributed by atoms with Gasteiger partial charge in [-0.05, 0) is 90.5 Å². The van der Waals surface area contributed by atoms with Gasteiger partial charge in [-0.1, -0.05) is 12.8 Å². The number of rotatable bonds is 17. The minimum atomic E-state index is -0.823. The normalized spacial score (nSPS) is 14.1. The number of aromatic nitrogens is 1. The van der Waals surface area contributed by atoms with E-state index in [2.05, 4.69) is 7.05 Å². The Morgan fingerprint density at radius 3 is 2.08 bits per heavy atom. The Balaban J connectivity index is 1.43. The van der Waals surface area contributed by atoms with Gasteiger partial charge in [-0.15, -0.1) is 0 Å². The molecule has 280 valence electrons. The lowest BCUT2D eigenvalue weighted by Gasteiger charge is -2.37. The van der Waals surface area contributed by atoms with Gasteiger partial charge in [0.05, 0.1) is 63.4 Å². The van der Waals surface area contributed by atoms with Gasteiger partial charge in [0.2, 0.25) is 5.43 Å². The number of hydrogen-bond donors (Lipinski definition) is 0. The second-order valence-electron chi connectivity index (χ2n) is 14.3. The van der Waals surface area contributed by atoms with Gasteiger partial charge in [0, 0.05) is 48.0 Å². The summed E-state index contributed by atoms with van der Waals surface area (Å²) in [6.07, 6.45) is 11.2. The molecule has 10 heteroatoms. The number of hydrogen-bond acceptors (Lipinski definition) is 5. The van der Waals surface area contributed by atoms with Gasteiger partial charge < -0.3 is 28.2 Å². The standard InChI is InChI=1S/C42H54F2N3O5/c1-6-50-36-25-33(26-37(27-36)51-7-2)45-29-39(42(49)46(30(3)4)34-23-31(43)22-32(44)24-34)41(48)38-17-16-35(28-40(38)45)52-21-15-10-8-9-12-18-47(5)19-13-11-14-20-47/h16-17,22-30H,6-15,18-21H2,1-5H3/q+1. The molecule has 0 spiro atoms. The summed E-state index contributed by atoms with van der Waals surface area (Å²) in [7, 11) is 2.40. The van der Waals surface area contributed by atoms with Crippen molar-refractivity contribution in [1.29, 1.82) is 0 Å². The second-order valence-corrected chi connectivity index (χ2v) is 14.3. The fraction of sp³-hybridized carbons (Fsp3) is 0.476. The molecule has 0 unspecified atom stereocenters. The summed E-state index contributed by atoms with van der Waals surface area (Å²) < 4.78 is 49.5. The van der Waals surface area contributed by atoms with E-state index in [-0.39, 0.29) is 16.6 Å². The number of nitrogens with zero attached hydrogens (tertiary/aromatic N) is 3. The van der Waals surface area contributed by atoms with Crippen LogP contribution < -0.4 is 24.5 Å². The number of carbonyl (C=O) groups is 1. The Morgan fingerprint density at radius 2 is 1.44 bits per heavy atom. The molecule has 1 fully saturated rings. The number of pyridine rings is 1. The molecule has 8 nitrogen and oxygen atoms in total. The number of halogens is 2. The third-order valence-electron chi connectivity index (χ3n) is 9.84. The van der Waals surface area contributed by atoms with Crippen molar-refractivity contribution in [2.45, 2.75) is 85.1 Å². The number of fused-ring (bicyclic) bond motifs is 1. The molecule has 1 amide bonds. The summed E-state index contributed by atoms with van der Waals surface area (Å²) >= 11 is 0. The van der Waals surface area contributed by atoms with Crippen LogP contribution in [0.2, 0.25) is 0 Å². The first-order valence-electron chi connectivity index (χ1n) is 18.9. The zero-order valence-corrected chi connectivity index (χ0v) is 31.4. The lowest BCUT2D eigenvalue weighted by atomic mass is 10.1. The monoisotopic (exact) mass is 718 g/mol. The zero-order chi connectivity index (χ0) is 37.3. The third kappa shape index (κ3) is 9.70. The molecule has 1 aromatic heterocycles. The van der Waals surface area contributed by atoms with E-state index in [1.165, 1.54) is 73.7 Å². The molecule has 0 atom stereocenters. The van der Waals surface area contributed by atoms with E-state index in [1.54, 1.807) is 36.6 Å². The summed E-state index contributed by atoms with van der Waals surface area (Å²) in [5.74, 6) is -0.609. The lowest BCUT2D eigenvalue weighted by Crippen LogP contribution is -2.48. The molecule has 3 aromatic carbocycles. The highest BCUT2D eigenvalue weighted by Crippen LogP contribution is 2.30. The van der Waals surface area contributed by atoms with Crippen LogP contribution in [-0.4, -0.2) is 67.5 Å². The number of carbonyl (C=O) groups excluding carboxylic acids is 1. The first kappa shape index (κ1) is 38.8. The van der Waals surface area contributed by atoms with E-state index < -0.39 is 29.0 Å². The molecule has 0 aliphatic carbocycles. The molecule has 2 heterocycles. The van der Waals surface area contributed by atoms with Gasteiger partial charge in [-0.25, -0.2) is 8.78 Å². The zero-order valence-electron chi connectivity index (χ0n) is 31.4. The maximum Gasteiger partial charge on any atom is 0.264 e. The fourth-order valence-corrected chi connectivity index (χ4v) is 7.23. The van der Waals surface area contributed by atoms with Crippen molar-refractivity contribution in [2.24, 2.45) is 0 Å². The second kappa shape index (κ2) is 17.9. The van der Waals surface area contributed by atoms with E-state index in [1.807, 2.05) is 32.0 Å². The largest absolute Gasteiger partial charge is 0.494 e. The van der Waals surface area contributed by atoms with Crippen LogP contribution in [0.3, 0.4) is 0 Å². The van der Waals surface area contributed by atoms with Crippen molar-refractivity contribution < 1.29 is 32.3 Å². The van der Waals surface area contributed by atoms with E-state index in [4.69, 9.17) is 14.2 Å². The molecule has 1 saturated heterocycles. The predicted molar refractivity (Wildman–Crippen MR) is 203 cm³/mol. The molecular weight excluding hydrogens is 664 g/mol. The average Bonchev–Trinajstić information content (AvgIpc) is 3.09. The van der Waals surface area contributed by atoms with E-state index >= 15 is 0 Å². The van der Waals surface area contributed by atoms with Crippen LogP contribution in [0.15, 0.2) is 65.6 Å². The number of piperidine rings is 1. The smallest absolute Gasteiger partial charge is 0.264 e. The van der Waals surface area contributed by atoms with Gasteiger partial charge in [0.15, 0.2) is 0 Å². The lowest BCUT2D eigenvalue weighted by molar-refractivity contribution is -0.914. The van der Waals surface area contributed by atoms with Gasteiger partial charge >= 0.3 is 0 Å². The van der Waals surface area contributed by atoms with E-state index in [9.17, 15) is 18.4 Å². The summed E-state index contributed by atoms with van der Waals surface area (Å²) in [4.78, 5) is 29.6. The van der Waals surface area contributed by atoms with Crippen molar-refractivity contribution in [3.05, 3.63) is 88.2 Å². The maximum absolute atomic E-state index is 14.3. The van der Waals surface area contributed by atoms with Gasteiger partial charge in [-0.2, -0.15) is 0 Å². The Morgan fingerprint density at radius 1 is 0.808 bits per heavy atom. The number of unbranched alkanes of at least 4 members (excludes halogenated alkanes) is 4. The quantitative estimate of drug-likeness (QED) is 0.0805. The molecule has 1 aliphatic rings. The number of amides is 1. The highest BCUT2D eigenvalue weighted by atomic mass is 19.1. The van der Waals surface area contributed by atoms with Crippen molar-refractivity contribution >= 4 is 22.5 Å². The summed E-state index contributed by atoms with van der Waals surface area (Å²) in [6.45, 7) is 12.5. The topological polar surface area (TPSA) is 70.0 Å². The van der Waals surface area contributed by atoms with Crippen LogP contribution in [0.25, 0.3) is 16.6 Å². The number of likely N-dealkylation sites (tertiary alicyclic amines) is 1. The molecule has 0 N–H and O–H groups in total. The summed E-state index contributed by atoms with van der Waals surface area (Å²) in [5.41, 5.74) is 0.478. The van der Waals surface area contributed by atoms with Gasteiger partial charge in [-0.3, -0.25) is 9.59 Å². The summed E-state index contributed by atoms with van der Waals surface area (Å²) in [5, 5.41) is 0.289. The van der Waals surface area contributed by atoms with Crippen molar-refractivity contribution in [2.75, 3.05) is 51.4 Å². The van der Waals surface area contributed by atoms with Crippen LogP contribution in [0.4, 0.5) is 14.5 Å². The maximum atomic E-state index is 14.3. The first-order chi connectivity index (χ1) is 25.0. The van der Waals surface area contributed by atoms with Crippen molar-refractivity contribution in [3.63, 3.8) is 0 Å². The molecule has 1 aliphatic heterocycles. The molecule has 0 radical (unpaired) electrons. The minimum Gasteiger partial charge on any atom is -0.494 e. The average molecular weight is 719 g/mol. The van der Waals surface area contributed by atoms with Crippen LogP contribution in [0, 0.1) is 11.6 Å². The molecule has 4 aromatic rings. The Kier molecular flexibility index (Phi) is 13.3. The minimum absolute atomic E-state index is 0.0157. The highest BCUT2D eigenvalue weighted by Gasteiger charge is 2.27. The van der Waals surface area contributed by atoms with Gasteiger partial charge in [0.1, 0.15) is 34.4 Å². The predicted octanol–water partition coefficient (Wildman–Crippen LogP) is 9.08. The third-order valence-corrected chi connectivity index (χ3v) is 9.84. The number of anilines is 1. The van der Waals surface area contributed by atoms with E-state index in [0.717, 1.165) is 31.0 Å². The van der Waals surface area contributed by atoms with Crippen molar-refractivity contribution in [1.82, 2.24) is 4.57 Å². The molecule has 5 rings (SSSR count). The number of quaternary nitrogens is 1. The van der Waals surface area contributed by atoms with Crippen LogP contribution in [0.5, 0.6) is 17.2 Å². The van der Waals surface area contributed by atoms with Crippen molar-refractivity contribution in [3.8, 4) is 22.9 Å². The van der Waals surface area contributed by atoms with Gasteiger partial charge in [0.25, 0.3) is 5.91 Å². The summed E-state index contributed by atoms with van der Waals surface area (Å²) in [6, 6.07) is 13.0. The molecule has 0 saturated carbocycles. The first-order valence-corrected chi connectivity index (χ1v) is 18.9. The molecule has 0 bridgehead atoms. The van der Waals surface area contributed by atoms with Crippen LogP contribution in [0.1, 0.15) is 89.4 Å². The number of ether oxygens (including phenoxy) is 3. The SMILES string of the molecule is CCOc1cc(OCC)cc(-n2cc(C(=O)N(c3cc(F)cc(F)c3)C(C)C)c(=O)c3ccc(OCCCCCCC[N+]4(C)CCCCC4)cc32)c1.